The largest absolute Gasteiger partial charge is 0.490 e. The number of ether oxygens (including phenoxy) is 2. The third-order valence-corrected chi connectivity index (χ3v) is 7.55. The van der Waals surface area contributed by atoms with Crippen molar-refractivity contribution < 1.29 is 27.8 Å². The molecule has 2 aromatic rings. The fourth-order valence-corrected chi connectivity index (χ4v) is 5.00. The van der Waals surface area contributed by atoms with Gasteiger partial charge in [-0.2, -0.15) is 13.2 Å². The average Bonchev–Trinajstić information content (AvgIpc) is 2.98. The van der Waals surface area contributed by atoms with E-state index >= 15 is 0 Å². The van der Waals surface area contributed by atoms with Crippen molar-refractivity contribution in [1.82, 2.24) is 0 Å². The van der Waals surface area contributed by atoms with Crippen LogP contribution in [0, 0.1) is 0 Å². The third kappa shape index (κ3) is 14.6. The highest BCUT2D eigenvalue weighted by Gasteiger charge is 2.30. The van der Waals surface area contributed by atoms with Gasteiger partial charge in [0.25, 0.3) is 0 Å². The van der Waals surface area contributed by atoms with E-state index in [0.717, 1.165) is 43.4 Å². The molecule has 1 N–H and O–H groups in total. The van der Waals surface area contributed by atoms with Crippen molar-refractivity contribution in [3.63, 3.8) is 0 Å². The van der Waals surface area contributed by atoms with Crippen LogP contribution in [0.25, 0.3) is 11.6 Å². The van der Waals surface area contributed by atoms with E-state index in [1.54, 1.807) is 12.1 Å². The number of unbranched alkanes of at least 4 members (excludes halogenated alkanes) is 14. The Morgan fingerprint density at radius 3 is 1.71 bits per heavy atom. The van der Waals surface area contributed by atoms with E-state index < -0.39 is 11.7 Å². The van der Waals surface area contributed by atoms with Crippen molar-refractivity contribution in [2.75, 3.05) is 19.8 Å². The molecule has 0 aliphatic rings. The molecule has 236 valence electrons. The maximum Gasteiger partial charge on any atom is 0.416 e. The van der Waals surface area contributed by atoms with Crippen molar-refractivity contribution >= 4 is 11.6 Å². The molecule has 0 aromatic heterocycles. The van der Waals surface area contributed by atoms with E-state index in [4.69, 9.17) is 9.47 Å². The first-order chi connectivity index (χ1) is 20.4. The molecule has 2 rings (SSSR count). The van der Waals surface area contributed by atoms with Crippen LogP contribution in [-0.4, -0.2) is 24.9 Å². The normalized spacial score (nSPS) is 12.1. The Hall–Kier alpha value is -2.47. The monoisotopic (exact) mass is 590 g/mol. The van der Waals surface area contributed by atoms with Crippen LogP contribution in [-0.2, 0) is 6.18 Å². The highest BCUT2D eigenvalue weighted by Crippen LogP contribution is 2.33. The molecule has 0 spiro atoms. The predicted molar refractivity (Wildman–Crippen MR) is 169 cm³/mol. The van der Waals surface area contributed by atoms with Crippen molar-refractivity contribution in [2.45, 2.75) is 123 Å². The lowest BCUT2D eigenvalue weighted by Gasteiger charge is -2.15. The molecule has 0 aliphatic carbocycles. The van der Waals surface area contributed by atoms with E-state index in [0.29, 0.717) is 35.8 Å². The summed E-state index contributed by atoms with van der Waals surface area (Å²) in [6.45, 7) is 5.27. The van der Waals surface area contributed by atoms with E-state index in [1.807, 2.05) is 18.2 Å². The zero-order valence-corrected chi connectivity index (χ0v) is 26.0. The maximum atomic E-state index is 13.2. The molecule has 0 unspecified atom stereocenters. The van der Waals surface area contributed by atoms with Crippen LogP contribution in [0.4, 0.5) is 13.2 Å². The molecule has 0 heterocycles. The molecule has 0 aliphatic heterocycles. The first-order valence-corrected chi connectivity index (χ1v) is 16.3. The Morgan fingerprint density at radius 1 is 0.667 bits per heavy atom. The van der Waals surface area contributed by atoms with E-state index in [9.17, 15) is 18.3 Å². The van der Waals surface area contributed by atoms with Crippen molar-refractivity contribution in [2.24, 2.45) is 0 Å². The summed E-state index contributed by atoms with van der Waals surface area (Å²) < 4.78 is 52.0. The summed E-state index contributed by atoms with van der Waals surface area (Å²) in [6, 6.07) is 10.6. The number of halogens is 3. The van der Waals surface area contributed by atoms with Crippen molar-refractivity contribution in [3.8, 4) is 11.5 Å². The molecule has 2 aromatic carbocycles. The lowest BCUT2D eigenvalue weighted by molar-refractivity contribution is -0.137. The SMILES string of the molecule is CCCCCCCCCCOc1ccc(C=C(CO)c2cccc(C(F)(F)F)c2)cc1OCCCCCCCCCC. The van der Waals surface area contributed by atoms with Crippen LogP contribution in [0.5, 0.6) is 11.5 Å². The average molecular weight is 591 g/mol. The van der Waals surface area contributed by atoms with Gasteiger partial charge < -0.3 is 14.6 Å². The molecule has 0 fully saturated rings. The lowest BCUT2D eigenvalue weighted by atomic mass is 10.0. The van der Waals surface area contributed by atoms with Gasteiger partial charge in [0.05, 0.1) is 25.4 Å². The number of alkyl halides is 3. The van der Waals surface area contributed by atoms with Gasteiger partial charge in [0, 0.05) is 0 Å². The summed E-state index contributed by atoms with van der Waals surface area (Å²) in [5.41, 5.74) is 0.742. The number of benzene rings is 2. The zero-order chi connectivity index (χ0) is 30.5. The van der Waals surface area contributed by atoms with Gasteiger partial charge in [-0.3, -0.25) is 0 Å². The minimum absolute atomic E-state index is 0.337. The summed E-state index contributed by atoms with van der Waals surface area (Å²) in [5.74, 6) is 1.31. The van der Waals surface area contributed by atoms with Crippen LogP contribution in [0.15, 0.2) is 42.5 Å². The number of hydrogen-bond donors (Lipinski definition) is 1. The van der Waals surface area contributed by atoms with Crippen LogP contribution in [0.3, 0.4) is 0 Å². The zero-order valence-electron chi connectivity index (χ0n) is 26.0. The quantitative estimate of drug-likeness (QED) is 0.103. The van der Waals surface area contributed by atoms with Gasteiger partial charge in [-0.05, 0) is 59.9 Å². The molecule has 0 radical (unpaired) electrons. The third-order valence-electron chi connectivity index (χ3n) is 7.55. The summed E-state index contributed by atoms with van der Waals surface area (Å²) in [4.78, 5) is 0. The fraction of sp³-hybridized carbons (Fsp3) is 0.611. The highest BCUT2D eigenvalue weighted by atomic mass is 19.4. The Balaban J connectivity index is 2.03. The highest BCUT2D eigenvalue weighted by molar-refractivity contribution is 5.82. The number of hydrogen-bond acceptors (Lipinski definition) is 3. The Bertz CT molecular complexity index is 1020. The van der Waals surface area contributed by atoms with Crippen molar-refractivity contribution in [3.05, 3.63) is 59.2 Å². The molecule has 0 bridgehead atoms. The van der Waals surface area contributed by atoms with E-state index in [-0.39, 0.29) is 6.61 Å². The summed E-state index contributed by atoms with van der Waals surface area (Å²) in [6.07, 6.45) is 16.8. The summed E-state index contributed by atoms with van der Waals surface area (Å²) >= 11 is 0. The van der Waals surface area contributed by atoms with Crippen LogP contribution in [0.1, 0.15) is 133 Å². The van der Waals surface area contributed by atoms with Gasteiger partial charge in [0.15, 0.2) is 11.5 Å². The minimum atomic E-state index is -4.44. The molecule has 6 heteroatoms. The van der Waals surface area contributed by atoms with E-state index in [1.165, 1.54) is 83.1 Å². The number of rotatable bonds is 23. The van der Waals surface area contributed by atoms with Gasteiger partial charge in [-0.1, -0.05) is 122 Å². The molecular weight excluding hydrogens is 537 g/mol. The minimum Gasteiger partial charge on any atom is -0.490 e. The predicted octanol–water partition coefficient (Wildman–Crippen LogP) is 11.3. The topological polar surface area (TPSA) is 38.7 Å². The van der Waals surface area contributed by atoms with Gasteiger partial charge >= 0.3 is 6.18 Å². The number of aliphatic hydroxyl groups excluding tert-OH is 1. The summed E-state index contributed by atoms with van der Waals surface area (Å²) in [5, 5.41) is 9.99. The first-order valence-electron chi connectivity index (χ1n) is 16.3. The molecule has 0 amide bonds. The molecular formula is C36H53F3O3. The van der Waals surface area contributed by atoms with Gasteiger partial charge in [-0.15, -0.1) is 0 Å². The van der Waals surface area contributed by atoms with Crippen molar-refractivity contribution in [1.29, 1.82) is 0 Å². The molecule has 42 heavy (non-hydrogen) atoms. The fourth-order valence-electron chi connectivity index (χ4n) is 5.00. The first kappa shape index (κ1) is 35.7. The molecule has 0 saturated heterocycles. The van der Waals surface area contributed by atoms with E-state index in [2.05, 4.69) is 13.8 Å². The van der Waals surface area contributed by atoms with Gasteiger partial charge in [0.2, 0.25) is 0 Å². The lowest BCUT2D eigenvalue weighted by Crippen LogP contribution is -2.05. The van der Waals surface area contributed by atoms with Gasteiger partial charge in [-0.25, -0.2) is 0 Å². The molecule has 3 nitrogen and oxygen atoms in total. The second-order valence-electron chi connectivity index (χ2n) is 11.3. The Morgan fingerprint density at radius 2 is 1.19 bits per heavy atom. The molecule has 0 saturated carbocycles. The van der Waals surface area contributed by atoms with Crippen LogP contribution >= 0.6 is 0 Å². The van der Waals surface area contributed by atoms with Gasteiger partial charge in [0.1, 0.15) is 0 Å². The number of aliphatic hydroxyl groups is 1. The maximum absolute atomic E-state index is 13.2. The van der Waals surface area contributed by atoms with Crippen LogP contribution in [0.2, 0.25) is 0 Å². The second kappa shape index (κ2) is 21.3. The Labute approximate surface area is 252 Å². The molecule has 0 atom stereocenters. The van der Waals surface area contributed by atoms with Crippen LogP contribution < -0.4 is 9.47 Å². The second-order valence-corrected chi connectivity index (χ2v) is 11.3. The Kier molecular flexibility index (Phi) is 18.1. The summed E-state index contributed by atoms with van der Waals surface area (Å²) in [7, 11) is 0. The smallest absolute Gasteiger partial charge is 0.416 e. The standard InChI is InChI=1S/C36H53F3O3/c1-3-5-7-9-11-13-15-17-24-41-34-23-22-30(27-35(34)42-25-18-16-14-12-10-8-6-4-2)26-32(29-40)31-20-19-21-33(28-31)36(37,38)39/h19-23,26-28,40H,3-18,24-25,29H2,1-2H3.